The third-order valence-electron chi connectivity index (χ3n) is 5.35. The molecule has 2 aromatic rings. The van der Waals surface area contributed by atoms with Crippen LogP contribution in [0.3, 0.4) is 0 Å². The molecule has 31 heavy (non-hydrogen) atoms. The summed E-state index contributed by atoms with van der Waals surface area (Å²) in [5.74, 6) is -0.697. The Labute approximate surface area is 182 Å². The van der Waals surface area contributed by atoms with Crippen LogP contribution in [0, 0.1) is 12.7 Å². The Kier molecular flexibility index (Phi) is 7.52. The van der Waals surface area contributed by atoms with Crippen molar-refractivity contribution in [2.45, 2.75) is 32.7 Å². The molecule has 7 heteroatoms. The fraction of sp³-hybridized carbons (Fsp3) is 0.375. The maximum atomic E-state index is 13.4. The molecule has 0 aliphatic carbocycles. The first kappa shape index (κ1) is 22.6. The molecule has 1 atom stereocenters. The molecule has 0 saturated carbocycles. The highest BCUT2D eigenvalue weighted by molar-refractivity contribution is 6.03. The average molecular weight is 426 g/mol. The monoisotopic (exact) mass is 425 g/mol. The zero-order valence-corrected chi connectivity index (χ0v) is 18.2. The summed E-state index contributed by atoms with van der Waals surface area (Å²) in [5, 5.41) is 6.06. The smallest absolute Gasteiger partial charge is 0.262 e. The predicted molar refractivity (Wildman–Crippen MR) is 117 cm³/mol. The standard InChI is InChI=1S/C24H28FN3O3/c1-4-23(29)27(13-14-31-3)16-24(30)28-22(19-7-5-17(2)6-8-19)15-21(26-28)18-9-11-20(25)12-10-18/h5-12,22H,4,13-16H2,1-3H3/t22-/m1/s1. The molecule has 0 aromatic heterocycles. The highest BCUT2D eigenvalue weighted by Crippen LogP contribution is 2.33. The van der Waals surface area contributed by atoms with Crippen LogP contribution in [0.15, 0.2) is 53.6 Å². The molecule has 6 nitrogen and oxygen atoms in total. The van der Waals surface area contributed by atoms with Gasteiger partial charge in [-0.05, 0) is 30.2 Å². The summed E-state index contributed by atoms with van der Waals surface area (Å²) < 4.78 is 18.4. The minimum Gasteiger partial charge on any atom is -0.383 e. The molecule has 0 N–H and O–H groups in total. The summed E-state index contributed by atoms with van der Waals surface area (Å²) in [5.41, 5.74) is 3.57. The average Bonchev–Trinajstić information content (AvgIpc) is 3.22. The van der Waals surface area contributed by atoms with Gasteiger partial charge in [-0.1, -0.05) is 48.9 Å². The second-order valence-corrected chi connectivity index (χ2v) is 7.58. The van der Waals surface area contributed by atoms with E-state index in [0.29, 0.717) is 31.7 Å². The molecule has 3 rings (SSSR count). The van der Waals surface area contributed by atoms with Gasteiger partial charge >= 0.3 is 0 Å². The number of amides is 2. The van der Waals surface area contributed by atoms with E-state index in [0.717, 1.165) is 16.7 Å². The van der Waals surface area contributed by atoms with E-state index in [1.807, 2.05) is 31.2 Å². The predicted octanol–water partition coefficient (Wildman–Crippen LogP) is 3.70. The van der Waals surface area contributed by atoms with Crippen molar-refractivity contribution in [3.63, 3.8) is 0 Å². The lowest BCUT2D eigenvalue weighted by atomic mass is 9.97. The number of hydrazone groups is 1. The Hall–Kier alpha value is -3.06. The van der Waals surface area contributed by atoms with Crippen LogP contribution in [-0.2, 0) is 14.3 Å². The number of nitrogens with zero attached hydrogens (tertiary/aromatic N) is 3. The summed E-state index contributed by atoms with van der Waals surface area (Å²) in [6, 6.07) is 13.8. The lowest BCUT2D eigenvalue weighted by molar-refractivity contribution is -0.141. The maximum Gasteiger partial charge on any atom is 0.262 e. The summed E-state index contributed by atoms with van der Waals surface area (Å²) in [7, 11) is 1.56. The molecule has 0 radical (unpaired) electrons. The number of benzene rings is 2. The Morgan fingerprint density at radius 2 is 1.84 bits per heavy atom. The third kappa shape index (κ3) is 5.55. The molecule has 0 spiro atoms. The number of rotatable bonds is 8. The van der Waals surface area contributed by atoms with Gasteiger partial charge in [0.15, 0.2) is 0 Å². The Balaban J connectivity index is 1.88. The zero-order chi connectivity index (χ0) is 22.4. The number of hydrogen-bond acceptors (Lipinski definition) is 4. The van der Waals surface area contributed by atoms with Crippen LogP contribution in [0.4, 0.5) is 4.39 Å². The molecule has 1 aliphatic rings. The number of methoxy groups -OCH3 is 1. The fourth-order valence-electron chi connectivity index (χ4n) is 3.56. The molecule has 0 saturated heterocycles. The van der Waals surface area contributed by atoms with E-state index >= 15 is 0 Å². The molecule has 0 fully saturated rings. The first-order valence-corrected chi connectivity index (χ1v) is 10.4. The van der Waals surface area contributed by atoms with Gasteiger partial charge < -0.3 is 9.64 Å². The summed E-state index contributed by atoms with van der Waals surface area (Å²) in [6.07, 6.45) is 0.822. The lowest BCUT2D eigenvalue weighted by Crippen LogP contribution is -2.42. The van der Waals surface area contributed by atoms with E-state index in [9.17, 15) is 14.0 Å². The van der Waals surface area contributed by atoms with Crippen molar-refractivity contribution in [1.82, 2.24) is 9.91 Å². The van der Waals surface area contributed by atoms with Crippen LogP contribution in [0.25, 0.3) is 0 Å². The minimum absolute atomic E-state index is 0.0708. The van der Waals surface area contributed by atoms with Crippen LogP contribution in [0.1, 0.15) is 42.5 Å². The van der Waals surface area contributed by atoms with Gasteiger partial charge in [0.05, 0.1) is 18.4 Å². The van der Waals surface area contributed by atoms with Gasteiger partial charge in [-0.25, -0.2) is 9.40 Å². The summed E-state index contributed by atoms with van der Waals surface area (Å²) in [6.45, 7) is 4.39. The van der Waals surface area contributed by atoms with Crippen molar-refractivity contribution in [2.75, 3.05) is 26.8 Å². The van der Waals surface area contributed by atoms with Crippen molar-refractivity contribution in [3.05, 3.63) is 71.0 Å². The van der Waals surface area contributed by atoms with Crippen molar-refractivity contribution >= 4 is 17.5 Å². The van der Waals surface area contributed by atoms with Gasteiger partial charge in [0.2, 0.25) is 5.91 Å². The van der Waals surface area contributed by atoms with Gasteiger partial charge in [-0.2, -0.15) is 5.10 Å². The number of ether oxygens (including phenoxy) is 1. The SMILES string of the molecule is CCC(=O)N(CCOC)CC(=O)N1N=C(c2ccc(F)cc2)C[C@@H]1c1ccc(C)cc1. The van der Waals surface area contributed by atoms with Gasteiger partial charge in [-0.15, -0.1) is 0 Å². The number of halogens is 1. The first-order valence-electron chi connectivity index (χ1n) is 10.4. The topological polar surface area (TPSA) is 62.2 Å². The highest BCUT2D eigenvalue weighted by Gasteiger charge is 2.34. The second kappa shape index (κ2) is 10.3. The van der Waals surface area contributed by atoms with E-state index in [2.05, 4.69) is 5.10 Å². The molecule has 0 bridgehead atoms. The minimum atomic E-state index is -0.322. The first-order chi connectivity index (χ1) is 14.9. The van der Waals surface area contributed by atoms with Crippen LogP contribution in [0.5, 0.6) is 0 Å². The van der Waals surface area contributed by atoms with Crippen molar-refractivity contribution in [3.8, 4) is 0 Å². The summed E-state index contributed by atoms with van der Waals surface area (Å²) in [4.78, 5) is 27.1. The molecular weight excluding hydrogens is 397 g/mol. The molecule has 0 unspecified atom stereocenters. The molecule has 164 valence electrons. The van der Waals surface area contributed by atoms with Crippen molar-refractivity contribution < 1.29 is 18.7 Å². The van der Waals surface area contributed by atoms with E-state index in [4.69, 9.17) is 4.74 Å². The van der Waals surface area contributed by atoms with Gasteiger partial charge in [0.1, 0.15) is 12.4 Å². The molecule has 2 amide bonds. The zero-order valence-electron chi connectivity index (χ0n) is 18.2. The van der Waals surface area contributed by atoms with Crippen LogP contribution in [0.2, 0.25) is 0 Å². The number of aryl methyl sites for hydroxylation is 1. The Morgan fingerprint density at radius 3 is 2.45 bits per heavy atom. The van der Waals surface area contributed by atoms with Gasteiger partial charge in [0.25, 0.3) is 5.91 Å². The normalized spacial score (nSPS) is 15.7. The third-order valence-corrected chi connectivity index (χ3v) is 5.35. The van der Waals surface area contributed by atoms with Crippen LogP contribution >= 0.6 is 0 Å². The van der Waals surface area contributed by atoms with E-state index in [1.165, 1.54) is 22.0 Å². The fourth-order valence-corrected chi connectivity index (χ4v) is 3.56. The Bertz CT molecular complexity index is 942. The molecule has 2 aromatic carbocycles. The Morgan fingerprint density at radius 1 is 1.16 bits per heavy atom. The number of hydrogen-bond donors (Lipinski definition) is 0. The molecule has 1 aliphatic heterocycles. The molecular formula is C24H28FN3O3. The van der Waals surface area contributed by atoms with E-state index < -0.39 is 0 Å². The summed E-state index contributed by atoms with van der Waals surface area (Å²) >= 11 is 0. The second-order valence-electron chi connectivity index (χ2n) is 7.58. The number of carbonyl (C=O) groups excluding carboxylic acids is 2. The van der Waals surface area contributed by atoms with Crippen LogP contribution in [-0.4, -0.2) is 54.2 Å². The van der Waals surface area contributed by atoms with Crippen LogP contribution < -0.4 is 0 Å². The molecule has 1 heterocycles. The largest absolute Gasteiger partial charge is 0.383 e. The number of carbonyl (C=O) groups is 2. The maximum absolute atomic E-state index is 13.4. The quantitative estimate of drug-likeness (QED) is 0.648. The van der Waals surface area contributed by atoms with Crippen molar-refractivity contribution in [2.24, 2.45) is 5.10 Å². The van der Waals surface area contributed by atoms with Gasteiger partial charge in [-0.3, -0.25) is 9.59 Å². The highest BCUT2D eigenvalue weighted by atomic mass is 19.1. The van der Waals surface area contributed by atoms with E-state index in [-0.39, 0.29) is 30.2 Å². The van der Waals surface area contributed by atoms with Crippen molar-refractivity contribution in [1.29, 1.82) is 0 Å². The lowest BCUT2D eigenvalue weighted by Gasteiger charge is -2.26. The van der Waals surface area contributed by atoms with E-state index in [1.54, 1.807) is 26.2 Å². The van der Waals surface area contributed by atoms with Gasteiger partial charge in [0, 0.05) is 26.5 Å².